The molecule has 0 aliphatic rings. The van der Waals surface area contributed by atoms with Crippen molar-refractivity contribution in [3.63, 3.8) is 0 Å². The van der Waals surface area contributed by atoms with Crippen molar-refractivity contribution in [3.05, 3.63) is 47.8 Å². The fourth-order valence-corrected chi connectivity index (χ4v) is 1.92. The van der Waals surface area contributed by atoms with E-state index in [0.29, 0.717) is 34.9 Å². The molecular formula is C16H18N2O3. The highest BCUT2D eigenvalue weighted by molar-refractivity contribution is 6.12. The van der Waals surface area contributed by atoms with Gasteiger partial charge in [-0.15, -0.1) is 0 Å². The number of carbonyl (C=O) groups excluding carboxylic acids is 1. The molecule has 0 radical (unpaired) electrons. The lowest BCUT2D eigenvalue weighted by Gasteiger charge is -2.10. The zero-order chi connectivity index (χ0) is 15.2. The minimum absolute atomic E-state index is 0.208. The van der Waals surface area contributed by atoms with E-state index in [1.54, 1.807) is 30.5 Å². The Morgan fingerprint density at radius 2 is 2.14 bits per heavy atom. The van der Waals surface area contributed by atoms with Gasteiger partial charge in [0.15, 0.2) is 5.78 Å². The molecule has 110 valence electrons. The number of hydrogen-bond donors (Lipinski definition) is 1. The Labute approximate surface area is 123 Å². The van der Waals surface area contributed by atoms with Gasteiger partial charge in [0.1, 0.15) is 11.5 Å². The van der Waals surface area contributed by atoms with Gasteiger partial charge in [-0.3, -0.25) is 9.78 Å². The largest absolute Gasteiger partial charge is 0.495 e. The average molecular weight is 286 g/mol. The van der Waals surface area contributed by atoms with Gasteiger partial charge < -0.3 is 15.2 Å². The van der Waals surface area contributed by atoms with Crippen molar-refractivity contribution in [2.45, 2.75) is 13.3 Å². The SMILES string of the molecule is CCCOc1cncc(C(=O)c2cccc(OC)c2N)c1. The van der Waals surface area contributed by atoms with Crippen LogP contribution in [0.3, 0.4) is 0 Å². The fourth-order valence-electron chi connectivity index (χ4n) is 1.92. The number of rotatable bonds is 6. The molecule has 1 aromatic carbocycles. The molecule has 5 heteroatoms. The van der Waals surface area contributed by atoms with E-state index >= 15 is 0 Å². The Kier molecular flexibility index (Phi) is 4.77. The molecule has 0 spiro atoms. The van der Waals surface area contributed by atoms with E-state index in [9.17, 15) is 4.79 Å². The first-order valence-electron chi connectivity index (χ1n) is 6.72. The number of hydrogen-bond acceptors (Lipinski definition) is 5. The molecule has 0 fully saturated rings. The third kappa shape index (κ3) is 3.31. The van der Waals surface area contributed by atoms with Crippen molar-refractivity contribution < 1.29 is 14.3 Å². The predicted molar refractivity (Wildman–Crippen MR) is 80.9 cm³/mol. The standard InChI is InChI=1S/C16H18N2O3/c1-3-7-21-12-8-11(9-18-10-12)16(19)13-5-4-6-14(20-2)15(13)17/h4-6,8-10H,3,7,17H2,1-2H3. The normalized spacial score (nSPS) is 10.2. The van der Waals surface area contributed by atoms with E-state index < -0.39 is 0 Å². The van der Waals surface area contributed by atoms with E-state index in [-0.39, 0.29) is 5.78 Å². The third-order valence-electron chi connectivity index (χ3n) is 2.98. The van der Waals surface area contributed by atoms with Crippen LogP contribution >= 0.6 is 0 Å². The van der Waals surface area contributed by atoms with Crippen LogP contribution in [0.1, 0.15) is 29.3 Å². The number of nitrogen functional groups attached to an aromatic ring is 1. The van der Waals surface area contributed by atoms with Gasteiger partial charge in [-0.05, 0) is 24.6 Å². The summed E-state index contributed by atoms with van der Waals surface area (Å²) < 4.78 is 10.6. The van der Waals surface area contributed by atoms with E-state index in [4.69, 9.17) is 15.2 Å². The van der Waals surface area contributed by atoms with Gasteiger partial charge >= 0.3 is 0 Å². The van der Waals surface area contributed by atoms with Gasteiger partial charge in [-0.2, -0.15) is 0 Å². The Morgan fingerprint density at radius 1 is 1.33 bits per heavy atom. The van der Waals surface area contributed by atoms with Crippen molar-refractivity contribution in [2.75, 3.05) is 19.5 Å². The maximum atomic E-state index is 12.5. The molecule has 2 rings (SSSR count). The van der Waals surface area contributed by atoms with Gasteiger partial charge in [-0.25, -0.2) is 0 Å². The monoisotopic (exact) mass is 286 g/mol. The summed E-state index contributed by atoms with van der Waals surface area (Å²) in [5.74, 6) is 0.845. The zero-order valence-electron chi connectivity index (χ0n) is 12.1. The summed E-state index contributed by atoms with van der Waals surface area (Å²) in [6.07, 6.45) is 3.97. The number of nitrogens with zero attached hydrogens (tertiary/aromatic N) is 1. The molecule has 1 aromatic heterocycles. The lowest BCUT2D eigenvalue weighted by molar-refractivity contribution is 0.103. The summed E-state index contributed by atoms with van der Waals surface area (Å²) in [5.41, 5.74) is 7.10. The molecule has 0 saturated heterocycles. The molecule has 0 bridgehead atoms. The van der Waals surface area contributed by atoms with Gasteiger partial charge in [0.05, 0.1) is 25.6 Å². The van der Waals surface area contributed by atoms with Crippen LogP contribution in [-0.2, 0) is 0 Å². The van der Waals surface area contributed by atoms with Crippen LogP contribution in [0.4, 0.5) is 5.69 Å². The minimum Gasteiger partial charge on any atom is -0.495 e. The number of anilines is 1. The number of ketones is 1. The number of pyridine rings is 1. The van der Waals surface area contributed by atoms with Gasteiger partial charge in [0.25, 0.3) is 0 Å². The van der Waals surface area contributed by atoms with Crippen LogP contribution in [0.5, 0.6) is 11.5 Å². The van der Waals surface area contributed by atoms with Gasteiger partial charge in [-0.1, -0.05) is 13.0 Å². The molecule has 5 nitrogen and oxygen atoms in total. The van der Waals surface area contributed by atoms with Crippen molar-refractivity contribution >= 4 is 11.5 Å². The lowest BCUT2D eigenvalue weighted by atomic mass is 10.0. The summed E-state index contributed by atoms with van der Waals surface area (Å²) in [7, 11) is 1.51. The number of nitrogens with two attached hydrogens (primary N) is 1. The number of aromatic nitrogens is 1. The molecule has 0 atom stereocenters. The second kappa shape index (κ2) is 6.74. The van der Waals surface area contributed by atoms with Crippen molar-refractivity contribution in [3.8, 4) is 11.5 Å². The smallest absolute Gasteiger partial charge is 0.196 e. The summed E-state index contributed by atoms with van der Waals surface area (Å²) in [5, 5.41) is 0. The molecule has 2 aromatic rings. The Bertz CT molecular complexity index is 641. The fraction of sp³-hybridized carbons (Fsp3) is 0.250. The molecule has 0 amide bonds. The van der Waals surface area contributed by atoms with Crippen molar-refractivity contribution in [1.82, 2.24) is 4.98 Å². The second-order valence-corrected chi connectivity index (χ2v) is 4.51. The van der Waals surface area contributed by atoms with Crippen LogP contribution in [-0.4, -0.2) is 24.5 Å². The summed E-state index contributed by atoms with van der Waals surface area (Å²) in [4.78, 5) is 16.6. The minimum atomic E-state index is -0.208. The molecule has 0 saturated carbocycles. The molecule has 0 aliphatic heterocycles. The van der Waals surface area contributed by atoms with Crippen LogP contribution in [0, 0.1) is 0 Å². The van der Waals surface area contributed by atoms with Crippen LogP contribution in [0.2, 0.25) is 0 Å². The number of methoxy groups -OCH3 is 1. The molecule has 21 heavy (non-hydrogen) atoms. The number of ether oxygens (including phenoxy) is 2. The predicted octanol–water partition coefficient (Wildman–Crippen LogP) is 2.69. The first kappa shape index (κ1) is 14.8. The Hall–Kier alpha value is -2.56. The maximum Gasteiger partial charge on any atom is 0.196 e. The Balaban J connectivity index is 2.32. The number of carbonyl (C=O) groups is 1. The lowest BCUT2D eigenvalue weighted by Crippen LogP contribution is -2.07. The summed E-state index contributed by atoms with van der Waals surface area (Å²) >= 11 is 0. The summed E-state index contributed by atoms with van der Waals surface area (Å²) in [6, 6.07) is 6.78. The number of para-hydroxylation sites is 1. The topological polar surface area (TPSA) is 74.4 Å². The summed E-state index contributed by atoms with van der Waals surface area (Å²) in [6.45, 7) is 2.60. The highest BCUT2D eigenvalue weighted by atomic mass is 16.5. The molecule has 2 N–H and O–H groups in total. The van der Waals surface area contributed by atoms with E-state index in [2.05, 4.69) is 4.98 Å². The quantitative estimate of drug-likeness (QED) is 0.652. The van der Waals surface area contributed by atoms with Crippen LogP contribution < -0.4 is 15.2 Å². The van der Waals surface area contributed by atoms with E-state index in [1.165, 1.54) is 13.3 Å². The highest BCUT2D eigenvalue weighted by Gasteiger charge is 2.16. The highest BCUT2D eigenvalue weighted by Crippen LogP contribution is 2.27. The van der Waals surface area contributed by atoms with E-state index in [1.807, 2.05) is 6.92 Å². The molecule has 0 unspecified atom stereocenters. The first-order chi connectivity index (χ1) is 10.2. The molecule has 1 heterocycles. The van der Waals surface area contributed by atoms with Crippen molar-refractivity contribution in [1.29, 1.82) is 0 Å². The van der Waals surface area contributed by atoms with Crippen LogP contribution in [0.25, 0.3) is 0 Å². The van der Waals surface area contributed by atoms with E-state index in [0.717, 1.165) is 6.42 Å². The number of benzene rings is 1. The Morgan fingerprint density at radius 3 is 2.86 bits per heavy atom. The van der Waals surface area contributed by atoms with Crippen LogP contribution in [0.15, 0.2) is 36.7 Å². The van der Waals surface area contributed by atoms with Gasteiger partial charge in [0.2, 0.25) is 0 Å². The van der Waals surface area contributed by atoms with Gasteiger partial charge in [0, 0.05) is 17.3 Å². The first-order valence-corrected chi connectivity index (χ1v) is 6.72. The van der Waals surface area contributed by atoms with Crippen molar-refractivity contribution in [2.24, 2.45) is 0 Å². The molecular weight excluding hydrogens is 268 g/mol. The average Bonchev–Trinajstić information content (AvgIpc) is 2.53. The zero-order valence-corrected chi connectivity index (χ0v) is 12.1. The second-order valence-electron chi connectivity index (χ2n) is 4.51. The molecule has 0 aliphatic carbocycles. The maximum absolute atomic E-state index is 12.5. The third-order valence-corrected chi connectivity index (χ3v) is 2.98.